The van der Waals surface area contributed by atoms with E-state index in [1.54, 1.807) is 6.20 Å². The van der Waals surface area contributed by atoms with E-state index in [1.165, 1.54) is 0 Å². The van der Waals surface area contributed by atoms with Crippen molar-refractivity contribution < 1.29 is 9.47 Å². The predicted molar refractivity (Wildman–Crippen MR) is 77.4 cm³/mol. The lowest BCUT2D eigenvalue weighted by molar-refractivity contribution is 0.171. The number of hydrogen-bond donors (Lipinski definition) is 1. The second-order valence-corrected chi connectivity index (χ2v) is 5.21. The molecule has 1 aliphatic rings. The lowest BCUT2D eigenvalue weighted by Crippen LogP contribution is -2.15. The van der Waals surface area contributed by atoms with E-state index in [1.807, 2.05) is 31.2 Å². The van der Waals surface area contributed by atoms with Gasteiger partial charge in [-0.2, -0.15) is 0 Å². The highest BCUT2D eigenvalue weighted by Gasteiger charge is 2.14. The van der Waals surface area contributed by atoms with E-state index < -0.39 is 0 Å². The summed E-state index contributed by atoms with van der Waals surface area (Å²) in [6.07, 6.45) is 1.76. The molecule has 0 aliphatic carbocycles. The average Bonchev–Trinajstić information content (AvgIpc) is 2.42. The molecular weight excluding hydrogens is 308 g/mol. The lowest BCUT2D eigenvalue weighted by atomic mass is 10.1. The Morgan fingerprint density at radius 2 is 1.89 bits per heavy atom. The van der Waals surface area contributed by atoms with Gasteiger partial charge in [0.15, 0.2) is 11.5 Å². The first-order chi connectivity index (χ1) is 9.22. The predicted octanol–water partition coefficient (Wildman–Crippen LogP) is 3.67. The molecule has 0 unspecified atom stereocenters. The molecule has 3 rings (SSSR count). The maximum atomic E-state index is 5.58. The van der Waals surface area contributed by atoms with Crippen molar-refractivity contribution in [2.75, 3.05) is 18.5 Å². The summed E-state index contributed by atoms with van der Waals surface area (Å²) in [6.45, 7) is 3.22. The van der Waals surface area contributed by atoms with Crippen molar-refractivity contribution in [2.45, 2.75) is 6.92 Å². The van der Waals surface area contributed by atoms with Gasteiger partial charge in [0.1, 0.15) is 19.0 Å². The van der Waals surface area contributed by atoms with E-state index in [2.05, 4.69) is 26.2 Å². The number of pyridine rings is 1. The van der Waals surface area contributed by atoms with E-state index in [-0.39, 0.29) is 0 Å². The smallest absolute Gasteiger partial charge is 0.163 e. The van der Waals surface area contributed by atoms with E-state index >= 15 is 0 Å². The molecule has 2 aromatic rings. The highest BCUT2D eigenvalue weighted by atomic mass is 79.9. The molecule has 0 spiro atoms. The van der Waals surface area contributed by atoms with Gasteiger partial charge in [0.25, 0.3) is 0 Å². The second-order valence-electron chi connectivity index (χ2n) is 4.30. The average molecular weight is 321 g/mol. The van der Waals surface area contributed by atoms with Crippen molar-refractivity contribution in [2.24, 2.45) is 0 Å². The summed E-state index contributed by atoms with van der Waals surface area (Å²) in [5.74, 6) is 2.37. The van der Waals surface area contributed by atoms with Gasteiger partial charge in [-0.25, -0.2) is 4.98 Å². The van der Waals surface area contributed by atoms with E-state index in [4.69, 9.17) is 9.47 Å². The van der Waals surface area contributed by atoms with Crippen LogP contribution in [-0.2, 0) is 0 Å². The molecule has 0 amide bonds. The SMILES string of the molecule is Cc1cc2c(cc1Nc1ccc(Br)cn1)OCCO2. The van der Waals surface area contributed by atoms with Crippen LogP contribution in [-0.4, -0.2) is 18.2 Å². The molecule has 2 heterocycles. The molecule has 0 saturated heterocycles. The third kappa shape index (κ3) is 2.66. The number of halogens is 1. The Morgan fingerprint density at radius 1 is 1.16 bits per heavy atom. The van der Waals surface area contributed by atoms with Gasteiger partial charge in [0, 0.05) is 22.4 Å². The monoisotopic (exact) mass is 320 g/mol. The van der Waals surface area contributed by atoms with Crippen LogP contribution < -0.4 is 14.8 Å². The van der Waals surface area contributed by atoms with Crippen LogP contribution in [0.3, 0.4) is 0 Å². The second kappa shape index (κ2) is 5.09. The Bertz CT molecular complexity index is 599. The van der Waals surface area contributed by atoms with Gasteiger partial charge in [0.2, 0.25) is 0 Å². The molecule has 0 atom stereocenters. The number of nitrogens with one attached hydrogen (secondary N) is 1. The number of anilines is 2. The van der Waals surface area contributed by atoms with Crippen molar-refractivity contribution >= 4 is 27.4 Å². The number of aromatic nitrogens is 1. The Labute approximate surface area is 119 Å². The van der Waals surface area contributed by atoms with Crippen molar-refractivity contribution in [1.29, 1.82) is 0 Å². The molecule has 0 radical (unpaired) electrons. The van der Waals surface area contributed by atoms with Crippen LogP contribution in [0.15, 0.2) is 34.9 Å². The highest BCUT2D eigenvalue weighted by molar-refractivity contribution is 9.10. The molecule has 98 valence electrons. The van der Waals surface area contributed by atoms with Crippen LogP contribution in [0.4, 0.5) is 11.5 Å². The summed E-state index contributed by atoms with van der Waals surface area (Å²) in [5, 5.41) is 3.28. The Morgan fingerprint density at radius 3 is 2.58 bits per heavy atom. The van der Waals surface area contributed by atoms with Crippen molar-refractivity contribution in [3.63, 3.8) is 0 Å². The number of ether oxygens (including phenoxy) is 2. The summed E-state index contributed by atoms with van der Waals surface area (Å²) in [5.41, 5.74) is 2.06. The highest BCUT2D eigenvalue weighted by Crippen LogP contribution is 2.36. The molecule has 1 N–H and O–H groups in total. The van der Waals surface area contributed by atoms with Gasteiger partial charge >= 0.3 is 0 Å². The molecule has 0 fully saturated rings. The molecule has 0 bridgehead atoms. The first kappa shape index (κ1) is 12.3. The fourth-order valence-corrected chi connectivity index (χ4v) is 2.15. The third-order valence-electron chi connectivity index (χ3n) is 2.88. The zero-order valence-corrected chi connectivity index (χ0v) is 12.0. The Balaban J connectivity index is 1.90. The van der Waals surface area contributed by atoms with Crippen LogP contribution in [0, 0.1) is 6.92 Å². The maximum absolute atomic E-state index is 5.58. The lowest BCUT2D eigenvalue weighted by Gasteiger charge is -2.20. The van der Waals surface area contributed by atoms with Crippen LogP contribution in [0.25, 0.3) is 0 Å². The molecule has 0 saturated carbocycles. The largest absolute Gasteiger partial charge is 0.486 e. The molecular formula is C14H13BrN2O2. The van der Waals surface area contributed by atoms with Gasteiger partial charge < -0.3 is 14.8 Å². The number of hydrogen-bond acceptors (Lipinski definition) is 4. The first-order valence-electron chi connectivity index (χ1n) is 6.01. The zero-order valence-electron chi connectivity index (χ0n) is 10.4. The Hall–Kier alpha value is -1.75. The molecule has 19 heavy (non-hydrogen) atoms. The van der Waals surface area contributed by atoms with Gasteiger partial charge in [-0.05, 0) is 46.6 Å². The number of aryl methyl sites for hydroxylation is 1. The third-order valence-corrected chi connectivity index (χ3v) is 3.35. The summed E-state index contributed by atoms with van der Waals surface area (Å²) < 4.78 is 12.1. The van der Waals surface area contributed by atoms with Gasteiger partial charge in [-0.15, -0.1) is 0 Å². The molecule has 1 aromatic carbocycles. The summed E-state index contributed by atoms with van der Waals surface area (Å²) >= 11 is 3.37. The fraction of sp³-hybridized carbons (Fsp3) is 0.214. The molecule has 5 heteroatoms. The van der Waals surface area contributed by atoms with Gasteiger partial charge in [-0.1, -0.05) is 0 Å². The quantitative estimate of drug-likeness (QED) is 0.916. The topological polar surface area (TPSA) is 43.4 Å². The first-order valence-corrected chi connectivity index (χ1v) is 6.80. The van der Waals surface area contributed by atoms with E-state index in [0.717, 1.165) is 33.0 Å². The summed E-state index contributed by atoms with van der Waals surface area (Å²) in [6, 6.07) is 7.80. The number of rotatable bonds is 2. The number of fused-ring (bicyclic) bond motifs is 1. The standard InChI is InChI=1S/C14H13BrN2O2/c1-9-6-12-13(19-5-4-18-12)7-11(9)17-14-3-2-10(15)8-16-14/h2-3,6-8H,4-5H2,1H3,(H,16,17). The minimum absolute atomic E-state index is 0.589. The number of nitrogens with zero attached hydrogens (tertiary/aromatic N) is 1. The van der Waals surface area contributed by atoms with E-state index in [9.17, 15) is 0 Å². The van der Waals surface area contributed by atoms with Crippen LogP contribution in [0.2, 0.25) is 0 Å². The van der Waals surface area contributed by atoms with Crippen molar-refractivity contribution in [3.05, 3.63) is 40.5 Å². The van der Waals surface area contributed by atoms with Crippen molar-refractivity contribution in [1.82, 2.24) is 4.98 Å². The normalized spacial score (nSPS) is 13.2. The number of benzene rings is 1. The summed E-state index contributed by atoms with van der Waals surface area (Å²) in [4.78, 5) is 4.30. The van der Waals surface area contributed by atoms with E-state index in [0.29, 0.717) is 13.2 Å². The van der Waals surface area contributed by atoms with Crippen molar-refractivity contribution in [3.8, 4) is 11.5 Å². The zero-order chi connectivity index (χ0) is 13.2. The minimum atomic E-state index is 0.589. The van der Waals surface area contributed by atoms with Crippen LogP contribution >= 0.6 is 15.9 Å². The van der Waals surface area contributed by atoms with Crippen LogP contribution in [0.1, 0.15) is 5.56 Å². The minimum Gasteiger partial charge on any atom is -0.486 e. The molecule has 4 nitrogen and oxygen atoms in total. The molecule has 1 aliphatic heterocycles. The fourth-order valence-electron chi connectivity index (χ4n) is 1.91. The van der Waals surface area contributed by atoms with Gasteiger partial charge in [-0.3, -0.25) is 0 Å². The Kier molecular flexibility index (Phi) is 3.29. The van der Waals surface area contributed by atoms with Crippen LogP contribution in [0.5, 0.6) is 11.5 Å². The summed E-state index contributed by atoms with van der Waals surface area (Å²) in [7, 11) is 0. The maximum Gasteiger partial charge on any atom is 0.163 e. The van der Waals surface area contributed by atoms with Gasteiger partial charge in [0.05, 0.1) is 0 Å². The molecule has 1 aromatic heterocycles.